The fourth-order valence-electron chi connectivity index (χ4n) is 1.53. The maximum absolute atomic E-state index is 12.4. The molecule has 0 spiro atoms. The minimum absolute atomic E-state index is 0.0503. The van der Waals surface area contributed by atoms with Crippen molar-refractivity contribution >= 4 is 60.6 Å². The van der Waals surface area contributed by atoms with Crippen LogP contribution in [0.1, 0.15) is 26.4 Å². The van der Waals surface area contributed by atoms with Crippen molar-refractivity contribution in [1.82, 2.24) is 0 Å². The second-order valence-electron chi connectivity index (χ2n) is 3.97. The molecule has 0 saturated heterocycles. The summed E-state index contributed by atoms with van der Waals surface area (Å²) in [4.78, 5) is 13.0. The van der Waals surface area contributed by atoms with Gasteiger partial charge in [-0.25, -0.2) is 0 Å². The molecule has 94 valence electrons. The lowest BCUT2D eigenvalue weighted by molar-refractivity contribution is 0.104. The van der Waals surface area contributed by atoms with Crippen LogP contribution < -0.4 is 0 Å². The highest BCUT2D eigenvalue weighted by Gasteiger charge is 2.19. The van der Waals surface area contributed by atoms with E-state index in [0.29, 0.717) is 15.5 Å². The molecule has 2 aromatic rings. The van der Waals surface area contributed by atoms with E-state index in [4.69, 9.17) is 11.6 Å². The topological polar surface area (TPSA) is 17.1 Å². The number of halogens is 3. The van der Waals surface area contributed by atoms with Gasteiger partial charge in [0.1, 0.15) is 0 Å². The van der Waals surface area contributed by atoms with Crippen LogP contribution in [-0.2, 0) is 0 Å². The Bertz CT molecular complexity index is 634. The number of benzene rings is 1. The van der Waals surface area contributed by atoms with Crippen LogP contribution in [0.2, 0.25) is 5.02 Å². The molecule has 18 heavy (non-hydrogen) atoms. The highest BCUT2D eigenvalue weighted by Crippen LogP contribution is 2.33. The van der Waals surface area contributed by atoms with E-state index in [0.717, 1.165) is 20.1 Å². The molecule has 0 N–H and O–H groups in total. The van der Waals surface area contributed by atoms with Gasteiger partial charge in [0.15, 0.2) is 0 Å². The van der Waals surface area contributed by atoms with E-state index >= 15 is 0 Å². The van der Waals surface area contributed by atoms with Crippen molar-refractivity contribution in [2.45, 2.75) is 13.8 Å². The number of thiophene rings is 1. The van der Waals surface area contributed by atoms with Gasteiger partial charge < -0.3 is 0 Å². The summed E-state index contributed by atoms with van der Waals surface area (Å²) in [7, 11) is 0. The molecule has 5 heteroatoms. The third-order valence-electron chi connectivity index (χ3n) is 2.60. The molecule has 0 unspecified atom stereocenters. The standard InChI is InChI=1S/C13H9Br2ClOS/c1-6-3-10(15)8(4-9(6)14)12(17)13-11(16)7(2)5-18-13/h3-5H,1-2H3. The van der Waals surface area contributed by atoms with Gasteiger partial charge in [0.25, 0.3) is 0 Å². The first-order valence-electron chi connectivity index (χ1n) is 5.15. The quantitative estimate of drug-likeness (QED) is 0.576. The van der Waals surface area contributed by atoms with E-state index < -0.39 is 0 Å². The van der Waals surface area contributed by atoms with Crippen LogP contribution in [0, 0.1) is 13.8 Å². The summed E-state index contributed by atoms with van der Waals surface area (Å²) in [5.74, 6) is -0.0503. The van der Waals surface area contributed by atoms with Gasteiger partial charge in [0.05, 0.1) is 9.90 Å². The van der Waals surface area contributed by atoms with Gasteiger partial charge in [0, 0.05) is 14.5 Å². The van der Waals surface area contributed by atoms with E-state index in [9.17, 15) is 4.79 Å². The summed E-state index contributed by atoms with van der Waals surface area (Å²) >= 11 is 14.4. The molecule has 0 aliphatic heterocycles. The molecule has 0 fully saturated rings. The third kappa shape index (κ3) is 2.57. The lowest BCUT2D eigenvalue weighted by atomic mass is 10.1. The molecule has 1 heterocycles. The second-order valence-corrected chi connectivity index (χ2v) is 6.94. The van der Waals surface area contributed by atoms with Gasteiger partial charge in [0.2, 0.25) is 5.78 Å². The number of hydrogen-bond acceptors (Lipinski definition) is 2. The van der Waals surface area contributed by atoms with Crippen LogP contribution in [0.15, 0.2) is 26.5 Å². The Morgan fingerprint density at radius 3 is 2.39 bits per heavy atom. The number of rotatable bonds is 2. The molecular formula is C13H9Br2ClOS. The van der Waals surface area contributed by atoms with Crippen molar-refractivity contribution in [2.24, 2.45) is 0 Å². The average Bonchev–Trinajstić information content (AvgIpc) is 2.64. The normalized spacial score (nSPS) is 10.7. The Balaban J connectivity index is 2.53. The molecule has 0 radical (unpaired) electrons. The Morgan fingerprint density at radius 1 is 1.17 bits per heavy atom. The first kappa shape index (κ1) is 14.3. The van der Waals surface area contributed by atoms with Crippen molar-refractivity contribution in [3.63, 3.8) is 0 Å². The van der Waals surface area contributed by atoms with Crippen LogP contribution in [0.3, 0.4) is 0 Å². The van der Waals surface area contributed by atoms with Crippen LogP contribution in [0.4, 0.5) is 0 Å². The number of ketones is 1. The van der Waals surface area contributed by atoms with Crippen molar-refractivity contribution in [2.75, 3.05) is 0 Å². The molecule has 0 saturated carbocycles. The molecule has 0 amide bonds. The molecule has 1 aromatic carbocycles. The van der Waals surface area contributed by atoms with E-state index in [1.165, 1.54) is 11.3 Å². The van der Waals surface area contributed by atoms with Gasteiger partial charge in [-0.15, -0.1) is 11.3 Å². The average molecular weight is 409 g/mol. The highest BCUT2D eigenvalue weighted by molar-refractivity contribution is 9.11. The number of carbonyl (C=O) groups is 1. The zero-order valence-corrected chi connectivity index (χ0v) is 14.4. The Hall–Kier alpha value is -0.160. The second kappa shape index (κ2) is 5.45. The summed E-state index contributed by atoms with van der Waals surface area (Å²) < 4.78 is 1.70. The fraction of sp³-hybridized carbons (Fsp3) is 0.154. The summed E-state index contributed by atoms with van der Waals surface area (Å²) in [6.07, 6.45) is 0. The smallest absolute Gasteiger partial charge is 0.205 e. The molecule has 0 aliphatic carbocycles. The van der Waals surface area contributed by atoms with Crippen molar-refractivity contribution in [3.8, 4) is 0 Å². The number of hydrogen-bond donors (Lipinski definition) is 0. The predicted octanol–water partition coefficient (Wildman–Crippen LogP) is 5.77. The SMILES string of the molecule is Cc1cc(Br)c(C(=O)c2scc(C)c2Cl)cc1Br. The fourth-order valence-corrected chi connectivity index (χ4v) is 3.74. The lowest BCUT2D eigenvalue weighted by Crippen LogP contribution is -2.01. The Morgan fingerprint density at radius 2 is 1.83 bits per heavy atom. The summed E-state index contributed by atoms with van der Waals surface area (Å²) in [6.45, 7) is 3.88. The van der Waals surface area contributed by atoms with E-state index in [-0.39, 0.29) is 5.78 Å². The molecule has 0 bridgehead atoms. The van der Waals surface area contributed by atoms with Crippen LogP contribution in [0.5, 0.6) is 0 Å². The van der Waals surface area contributed by atoms with Gasteiger partial charge in [-0.05, 0) is 42.5 Å². The van der Waals surface area contributed by atoms with Gasteiger partial charge in [-0.2, -0.15) is 0 Å². The maximum atomic E-state index is 12.4. The molecule has 0 atom stereocenters. The summed E-state index contributed by atoms with van der Waals surface area (Å²) in [6, 6.07) is 3.75. The Kier molecular flexibility index (Phi) is 4.32. The van der Waals surface area contributed by atoms with Crippen molar-refractivity contribution in [1.29, 1.82) is 0 Å². The maximum Gasteiger partial charge on any atom is 0.205 e. The Labute approximate surface area is 131 Å². The molecule has 1 aromatic heterocycles. The summed E-state index contributed by atoms with van der Waals surface area (Å²) in [5.41, 5.74) is 2.63. The van der Waals surface area contributed by atoms with E-state index in [1.54, 1.807) is 0 Å². The first-order valence-corrected chi connectivity index (χ1v) is 8.00. The predicted molar refractivity (Wildman–Crippen MR) is 84.1 cm³/mol. The molecule has 0 aliphatic rings. The van der Waals surface area contributed by atoms with Crippen LogP contribution in [-0.4, -0.2) is 5.78 Å². The lowest BCUT2D eigenvalue weighted by Gasteiger charge is -2.06. The minimum atomic E-state index is -0.0503. The zero-order valence-electron chi connectivity index (χ0n) is 9.68. The molecule has 1 nitrogen and oxygen atoms in total. The zero-order chi connectivity index (χ0) is 13.4. The number of carbonyl (C=O) groups excluding carboxylic acids is 1. The highest BCUT2D eigenvalue weighted by atomic mass is 79.9. The van der Waals surface area contributed by atoms with Gasteiger partial charge in [-0.1, -0.05) is 43.5 Å². The van der Waals surface area contributed by atoms with Gasteiger partial charge >= 0.3 is 0 Å². The summed E-state index contributed by atoms with van der Waals surface area (Å²) in [5, 5.41) is 2.45. The molecule has 2 rings (SSSR count). The first-order chi connectivity index (χ1) is 8.41. The van der Waals surface area contributed by atoms with E-state index in [2.05, 4.69) is 31.9 Å². The minimum Gasteiger partial charge on any atom is -0.288 e. The monoisotopic (exact) mass is 406 g/mol. The van der Waals surface area contributed by atoms with Crippen LogP contribution >= 0.6 is 54.8 Å². The van der Waals surface area contributed by atoms with Crippen molar-refractivity contribution < 1.29 is 4.79 Å². The largest absolute Gasteiger partial charge is 0.288 e. The molecular weight excluding hydrogens is 399 g/mol. The number of aryl methyl sites for hydroxylation is 2. The van der Waals surface area contributed by atoms with Gasteiger partial charge in [-0.3, -0.25) is 4.79 Å². The van der Waals surface area contributed by atoms with Crippen LogP contribution in [0.25, 0.3) is 0 Å². The van der Waals surface area contributed by atoms with Crippen molar-refractivity contribution in [3.05, 3.63) is 53.0 Å². The van der Waals surface area contributed by atoms with E-state index in [1.807, 2.05) is 31.4 Å². The third-order valence-corrected chi connectivity index (χ3v) is 5.80.